The lowest BCUT2D eigenvalue weighted by Gasteiger charge is -2.15. The van der Waals surface area contributed by atoms with Crippen LogP contribution in [0.1, 0.15) is 32.0 Å². The van der Waals surface area contributed by atoms with Gasteiger partial charge in [0.05, 0.1) is 0 Å². The van der Waals surface area contributed by atoms with Crippen LogP contribution < -0.4 is 5.32 Å². The fourth-order valence-corrected chi connectivity index (χ4v) is 2.44. The van der Waals surface area contributed by atoms with Gasteiger partial charge < -0.3 is 10.2 Å². The minimum atomic E-state index is 0.525. The second kappa shape index (κ2) is 6.90. The fraction of sp³-hybridized carbons (Fsp3) is 0.692. The molecule has 0 radical (unpaired) electrons. The smallest absolute Gasteiger partial charge is 0.134 e. The van der Waals surface area contributed by atoms with Crippen molar-refractivity contribution in [3.63, 3.8) is 0 Å². The molecule has 4 nitrogen and oxygen atoms in total. The molecule has 2 rings (SSSR count). The minimum absolute atomic E-state index is 0.525. The van der Waals surface area contributed by atoms with Gasteiger partial charge in [0.1, 0.15) is 16.8 Å². The molecule has 1 saturated heterocycles. The molecular formula is C13H21ClN4. The normalized spacial score (nSPS) is 16.1. The summed E-state index contributed by atoms with van der Waals surface area (Å²) in [6.07, 6.45) is 4.58. The van der Waals surface area contributed by atoms with Crippen LogP contribution in [0.4, 0.5) is 5.82 Å². The van der Waals surface area contributed by atoms with Crippen LogP contribution in [0.15, 0.2) is 6.07 Å². The zero-order valence-corrected chi connectivity index (χ0v) is 11.7. The summed E-state index contributed by atoms with van der Waals surface area (Å²) in [5, 5.41) is 3.86. The van der Waals surface area contributed by atoms with E-state index in [2.05, 4.69) is 27.1 Å². The first-order valence-corrected chi connectivity index (χ1v) is 7.15. The largest absolute Gasteiger partial charge is 0.369 e. The highest BCUT2D eigenvalue weighted by Gasteiger charge is 2.10. The van der Waals surface area contributed by atoms with Crippen molar-refractivity contribution in [2.45, 2.75) is 32.6 Å². The summed E-state index contributed by atoms with van der Waals surface area (Å²) < 4.78 is 0. The topological polar surface area (TPSA) is 41.1 Å². The molecule has 1 aliphatic heterocycles. The third kappa shape index (κ3) is 4.10. The van der Waals surface area contributed by atoms with Crippen LogP contribution in [-0.4, -0.2) is 41.0 Å². The Labute approximate surface area is 114 Å². The van der Waals surface area contributed by atoms with Crippen LogP contribution in [0.25, 0.3) is 0 Å². The lowest BCUT2D eigenvalue weighted by molar-refractivity contribution is 0.352. The molecule has 2 heterocycles. The molecule has 0 aliphatic carbocycles. The Bertz CT molecular complexity index is 377. The van der Waals surface area contributed by atoms with Gasteiger partial charge in [-0.3, -0.25) is 0 Å². The number of nitrogens with one attached hydrogen (secondary N) is 1. The van der Waals surface area contributed by atoms with E-state index in [1.165, 1.54) is 25.9 Å². The van der Waals surface area contributed by atoms with Crippen molar-refractivity contribution in [1.29, 1.82) is 0 Å². The molecule has 1 N–H and O–H groups in total. The van der Waals surface area contributed by atoms with Gasteiger partial charge in [-0.25, -0.2) is 9.97 Å². The fourth-order valence-electron chi connectivity index (χ4n) is 2.24. The molecule has 0 atom stereocenters. The van der Waals surface area contributed by atoms with Crippen LogP contribution in [0.3, 0.4) is 0 Å². The van der Waals surface area contributed by atoms with Crippen LogP contribution >= 0.6 is 11.6 Å². The van der Waals surface area contributed by atoms with Crippen molar-refractivity contribution in [2.24, 2.45) is 0 Å². The van der Waals surface area contributed by atoms with Gasteiger partial charge in [-0.2, -0.15) is 0 Å². The van der Waals surface area contributed by atoms with Crippen LogP contribution in [-0.2, 0) is 6.42 Å². The predicted octanol–water partition coefficient (Wildman–Crippen LogP) is 2.59. The van der Waals surface area contributed by atoms with E-state index >= 15 is 0 Å². The molecule has 0 spiro atoms. The second-order valence-corrected chi connectivity index (χ2v) is 5.10. The van der Waals surface area contributed by atoms with Gasteiger partial charge in [-0.1, -0.05) is 18.5 Å². The predicted molar refractivity (Wildman–Crippen MR) is 75.2 cm³/mol. The summed E-state index contributed by atoms with van der Waals surface area (Å²) in [5.41, 5.74) is 0. The van der Waals surface area contributed by atoms with E-state index in [-0.39, 0.29) is 0 Å². The lowest BCUT2D eigenvalue weighted by Crippen LogP contribution is -2.26. The second-order valence-electron chi connectivity index (χ2n) is 4.72. The summed E-state index contributed by atoms with van der Waals surface area (Å²) in [6.45, 7) is 6.56. The van der Waals surface area contributed by atoms with Crippen LogP contribution in [0.2, 0.25) is 5.15 Å². The van der Waals surface area contributed by atoms with E-state index in [1.54, 1.807) is 6.07 Å². The Morgan fingerprint density at radius 1 is 1.33 bits per heavy atom. The Morgan fingerprint density at radius 2 is 2.11 bits per heavy atom. The first-order valence-electron chi connectivity index (χ1n) is 6.77. The van der Waals surface area contributed by atoms with Gasteiger partial charge in [0.2, 0.25) is 0 Å². The maximum absolute atomic E-state index is 5.99. The Kier molecular flexibility index (Phi) is 5.20. The van der Waals surface area contributed by atoms with Gasteiger partial charge in [-0.05, 0) is 32.4 Å². The molecule has 1 fully saturated rings. The molecule has 0 unspecified atom stereocenters. The highest BCUT2D eigenvalue weighted by atomic mass is 35.5. The van der Waals surface area contributed by atoms with E-state index in [4.69, 9.17) is 11.6 Å². The van der Waals surface area contributed by atoms with Gasteiger partial charge >= 0.3 is 0 Å². The third-order valence-electron chi connectivity index (χ3n) is 3.15. The van der Waals surface area contributed by atoms with Crippen molar-refractivity contribution in [3.8, 4) is 0 Å². The highest BCUT2D eigenvalue weighted by Crippen LogP contribution is 2.13. The number of rotatable bonds is 6. The quantitative estimate of drug-likeness (QED) is 0.806. The minimum Gasteiger partial charge on any atom is -0.369 e. The van der Waals surface area contributed by atoms with Crippen molar-refractivity contribution in [3.05, 3.63) is 17.0 Å². The molecule has 1 aromatic heterocycles. The lowest BCUT2D eigenvalue weighted by atomic mass is 10.3. The molecule has 1 aliphatic rings. The van der Waals surface area contributed by atoms with Crippen molar-refractivity contribution < 1.29 is 0 Å². The third-order valence-corrected chi connectivity index (χ3v) is 3.34. The number of anilines is 1. The van der Waals surface area contributed by atoms with E-state index < -0.39 is 0 Å². The summed E-state index contributed by atoms with van der Waals surface area (Å²) in [6, 6.07) is 1.80. The number of likely N-dealkylation sites (tertiary alicyclic amines) is 1. The Morgan fingerprint density at radius 3 is 2.83 bits per heavy atom. The first-order chi connectivity index (χ1) is 8.78. The van der Waals surface area contributed by atoms with Crippen molar-refractivity contribution >= 4 is 17.4 Å². The maximum atomic E-state index is 5.99. The van der Waals surface area contributed by atoms with Crippen LogP contribution in [0.5, 0.6) is 0 Å². The molecule has 5 heteroatoms. The number of hydrogen-bond donors (Lipinski definition) is 1. The highest BCUT2D eigenvalue weighted by molar-refractivity contribution is 6.29. The molecule has 0 saturated carbocycles. The standard InChI is InChI=1S/C13H21ClN4/c1-2-5-12-16-11(14)10-13(17-12)15-6-9-18-7-3-4-8-18/h10H,2-9H2,1H3,(H,15,16,17). The van der Waals surface area contributed by atoms with Gasteiger partial charge in [0.25, 0.3) is 0 Å². The van der Waals surface area contributed by atoms with E-state index in [0.29, 0.717) is 5.15 Å². The first kappa shape index (κ1) is 13.6. The number of hydrogen-bond acceptors (Lipinski definition) is 4. The number of aromatic nitrogens is 2. The average Bonchev–Trinajstić information content (AvgIpc) is 2.82. The summed E-state index contributed by atoms with van der Waals surface area (Å²) in [5.74, 6) is 1.67. The molecular weight excluding hydrogens is 248 g/mol. The summed E-state index contributed by atoms with van der Waals surface area (Å²) in [7, 11) is 0. The average molecular weight is 269 g/mol. The Hall–Kier alpha value is -0.870. The van der Waals surface area contributed by atoms with Crippen molar-refractivity contribution in [2.75, 3.05) is 31.5 Å². The number of aryl methyl sites for hydroxylation is 1. The maximum Gasteiger partial charge on any atom is 0.134 e. The van der Waals surface area contributed by atoms with Gasteiger partial charge in [0, 0.05) is 25.6 Å². The van der Waals surface area contributed by atoms with E-state index in [1.807, 2.05) is 0 Å². The monoisotopic (exact) mass is 268 g/mol. The van der Waals surface area contributed by atoms with Crippen LogP contribution in [0, 0.1) is 0 Å². The number of halogens is 1. The molecule has 100 valence electrons. The zero-order valence-electron chi connectivity index (χ0n) is 11.0. The molecule has 0 aromatic carbocycles. The van der Waals surface area contributed by atoms with Gasteiger partial charge in [-0.15, -0.1) is 0 Å². The summed E-state index contributed by atoms with van der Waals surface area (Å²) in [4.78, 5) is 11.2. The summed E-state index contributed by atoms with van der Waals surface area (Å²) >= 11 is 5.99. The number of nitrogens with zero attached hydrogens (tertiary/aromatic N) is 3. The molecule has 18 heavy (non-hydrogen) atoms. The van der Waals surface area contributed by atoms with Gasteiger partial charge in [0.15, 0.2) is 0 Å². The molecule has 0 bridgehead atoms. The molecule has 1 aromatic rings. The van der Waals surface area contributed by atoms with Crippen molar-refractivity contribution in [1.82, 2.24) is 14.9 Å². The Balaban J connectivity index is 1.83. The SMILES string of the molecule is CCCc1nc(Cl)cc(NCCN2CCCC2)n1. The molecule has 0 amide bonds. The van der Waals surface area contributed by atoms with E-state index in [9.17, 15) is 0 Å². The van der Waals surface area contributed by atoms with E-state index in [0.717, 1.165) is 37.6 Å². The zero-order chi connectivity index (χ0) is 12.8.